The molecule has 1 heteroatoms. The predicted molar refractivity (Wildman–Crippen MR) is 53.7 cm³/mol. The second kappa shape index (κ2) is 3.65. The van der Waals surface area contributed by atoms with Gasteiger partial charge in [0, 0.05) is 0 Å². The van der Waals surface area contributed by atoms with Crippen LogP contribution in [-0.4, -0.2) is 6.61 Å². The molecule has 1 saturated carbocycles. The molecule has 1 aromatic carbocycles. The summed E-state index contributed by atoms with van der Waals surface area (Å²) >= 11 is 0. The molecule has 68 valence electrons. The molecule has 1 aromatic rings. The zero-order valence-electron chi connectivity index (χ0n) is 7.65. The maximum atomic E-state index is 5.61. The van der Waals surface area contributed by atoms with Crippen LogP contribution in [0.2, 0.25) is 0 Å². The zero-order valence-corrected chi connectivity index (χ0v) is 7.65. The summed E-state index contributed by atoms with van der Waals surface area (Å²) in [4.78, 5) is 0. The van der Waals surface area contributed by atoms with Gasteiger partial charge in [0.05, 0.1) is 6.61 Å². The quantitative estimate of drug-likeness (QED) is 0.638. The number of para-hydroxylation sites is 1. The molecule has 2 atom stereocenters. The fourth-order valence-corrected chi connectivity index (χ4v) is 1.47. The molecular weight excluding hydrogens is 160 g/mol. The minimum atomic E-state index is 0.698. The van der Waals surface area contributed by atoms with E-state index in [0.717, 1.165) is 12.4 Å². The number of hydrogen-bond donors (Lipinski definition) is 0. The molecule has 0 heterocycles. The first-order valence-corrected chi connectivity index (χ1v) is 4.70. The van der Waals surface area contributed by atoms with E-state index < -0.39 is 0 Å². The first kappa shape index (κ1) is 8.36. The molecule has 0 saturated heterocycles. The van der Waals surface area contributed by atoms with Gasteiger partial charge in [-0.25, -0.2) is 0 Å². The topological polar surface area (TPSA) is 9.23 Å². The maximum absolute atomic E-state index is 5.61. The second-order valence-corrected chi connectivity index (χ2v) is 3.52. The van der Waals surface area contributed by atoms with E-state index in [0.29, 0.717) is 11.8 Å². The van der Waals surface area contributed by atoms with E-state index >= 15 is 0 Å². The fraction of sp³-hybridized carbons (Fsp3) is 0.333. The Bertz CT molecular complexity index is 278. The summed E-state index contributed by atoms with van der Waals surface area (Å²) in [6.07, 6.45) is 3.27. The van der Waals surface area contributed by atoms with E-state index in [2.05, 4.69) is 6.58 Å². The van der Waals surface area contributed by atoms with Crippen LogP contribution in [0, 0.1) is 11.8 Å². The van der Waals surface area contributed by atoms with E-state index in [1.165, 1.54) is 6.42 Å². The van der Waals surface area contributed by atoms with Crippen LogP contribution in [0.3, 0.4) is 0 Å². The Kier molecular flexibility index (Phi) is 2.35. The van der Waals surface area contributed by atoms with E-state index in [-0.39, 0.29) is 0 Å². The van der Waals surface area contributed by atoms with Crippen molar-refractivity contribution in [1.29, 1.82) is 0 Å². The first-order chi connectivity index (χ1) is 6.40. The number of ether oxygens (including phenoxy) is 1. The van der Waals surface area contributed by atoms with Gasteiger partial charge in [-0.2, -0.15) is 0 Å². The normalized spacial score (nSPS) is 25.2. The Morgan fingerprint density at radius 2 is 2.15 bits per heavy atom. The Labute approximate surface area is 79.0 Å². The molecule has 1 aliphatic carbocycles. The van der Waals surface area contributed by atoms with Crippen molar-refractivity contribution in [2.24, 2.45) is 11.8 Å². The van der Waals surface area contributed by atoms with Gasteiger partial charge >= 0.3 is 0 Å². The molecule has 0 radical (unpaired) electrons. The van der Waals surface area contributed by atoms with Crippen LogP contribution in [0.25, 0.3) is 0 Å². The third-order valence-corrected chi connectivity index (χ3v) is 2.49. The van der Waals surface area contributed by atoms with Gasteiger partial charge in [-0.05, 0) is 30.4 Å². The Hall–Kier alpha value is -1.24. The van der Waals surface area contributed by atoms with Gasteiger partial charge in [0.15, 0.2) is 0 Å². The third kappa shape index (κ3) is 2.11. The highest BCUT2D eigenvalue weighted by molar-refractivity contribution is 5.21. The summed E-state index contributed by atoms with van der Waals surface area (Å²) in [5.74, 6) is 2.37. The third-order valence-electron chi connectivity index (χ3n) is 2.49. The maximum Gasteiger partial charge on any atom is 0.119 e. The summed E-state index contributed by atoms with van der Waals surface area (Å²) in [6, 6.07) is 9.97. The van der Waals surface area contributed by atoms with Gasteiger partial charge < -0.3 is 4.74 Å². The molecule has 0 N–H and O–H groups in total. The van der Waals surface area contributed by atoms with Gasteiger partial charge in [0.25, 0.3) is 0 Å². The number of benzene rings is 1. The molecular formula is C12H14O. The molecule has 0 aromatic heterocycles. The van der Waals surface area contributed by atoms with Gasteiger partial charge in [0.1, 0.15) is 5.75 Å². The minimum Gasteiger partial charge on any atom is -0.493 e. The lowest BCUT2D eigenvalue weighted by Gasteiger charge is -2.03. The van der Waals surface area contributed by atoms with Gasteiger partial charge in [0.2, 0.25) is 0 Å². The number of allylic oxidation sites excluding steroid dienone is 1. The Morgan fingerprint density at radius 1 is 1.38 bits per heavy atom. The molecule has 1 nitrogen and oxygen atoms in total. The standard InChI is InChI=1S/C12H14O/c1-2-10-8-11(10)9-13-12-6-4-3-5-7-12/h2-7,10-11H,1,8-9H2/t10-,11-/m1/s1. The van der Waals surface area contributed by atoms with Gasteiger partial charge in [-0.3, -0.25) is 0 Å². The number of hydrogen-bond acceptors (Lipinski definition) is 1. The lowest BCUT2D eigenvalue weighted by Crippen LogP contribution is -1.99. The minimum absolute atomic E-state index is 0.698. The van der Waals surface area contributed by atoms with Crippen molar-refractivity contribution in [2.75, 3.05) is 6.61 Å². The summed E-state index contributed by atoms with van der Waals surface area (Å²) < 4.78 is 5.61. The highest BCUT2D eigenvalue weighted by Crippen LogP contribution is 2.39. The van der Waals surface area contributed by atoms with Crippen LogP contribution in [-0.2, 0) is 0 Å². The van der Waals surface area contributed by atoms with Crippen LogP contribution in [0.1, 0.15) is 6.42 Å². The Balaban J connectivity index is 1.78. The monoisotopic (exact) mass is 174 g/mol. The lowest BCUT2D eigenvalue weighted by molar-refractivity contribution is 0.295. The molecule has 2 rings (SSSR count). The molecule has 0 spiro atoms. The van der Waals surface area contributed by atoms with Gasteiger partial charge in [-0.15, -0.1) is 6.58 Å². The van der Waals surface area contributed by atoms with Gasteiger partial charge in [-0.1, -0.05) is 24.3 Å². The molecule has 0 bridgehead atoms. The smallest absolute Gasteiger partial charge is 0.119 e. The van der Waals surface area contributed by atoms with Crippen molar-refractivity contribution in [2.45, 2.75) is 6.42 Å². The first-order valence-electron chi connectivity index (χ1n) is 4.70. The highest BCUT2D eigenvalue weighted by Gasteiger charge is 2.34. The largest absolute Gasteiger partial charge is 0.493 e. The van der Waals surface area contributed by atoms with E-state index in [1.54, 1.807) is 0 Å². The summed E-state index contributed by atoms with van der Waals surface area (Å²) in [6.45, 7) is 4.61. The molecule has 1 fully saturated rings. The Morgan fingerprint density at radius 3 is 2.77 bits per heavy atom. The zero-order chi connectivity index (χ0) is 9.10. The second-order valence-electron chi connectivity index (χ2n) is 3.52. The number of rotatable bonds is 4. The van der Waals surface area contributed by atoms with E-state index in [1.807, 2.05) is 36.4 Å². The highest BCUT2D eigenvalue weighted by atomic mass is 16.5. The lowest BCUT2D eigenvalue weighted by atomic mass is 10.3. The molecule has 1 aliphatic rings. The summed E-state index contributed by atoms with van der Waals surface area (Å²) in [7, 11) is 0. The van der Waals surface area contributed by atoms with Crippen LogP contribution in [0.5, 0.6) is 5.75 Å². The van der Waals surface area contributed by atoms with Crippen molar-refractivity contribution < 1.29 is 4.74 Å². The van der Waals surface area contributed by atoms with Crippen LogP contribution >= 0.6 is 0 Å². The molecule has 13 heavy (non-hydrogen) atoms. The summed E-state index contributed by atoms with van der Waals surface area (Å²) in [5.41, 5.74) is 0. The summed E-state index contributed by atoms with van der Waals surface area (Å²) in [5, 5.41) is 0. The van der Waals surface area contributed by atoms with Crippen molar-refractivity contribution in [3.05, 3.63) is 43.0 Å². The van der Waals surface area contributed by atoms with Crippen LogP contribution in [0.4, 0.5) is 0 Å². The van der Waals surface area contributed by atoms with Crippen molar-refractivity contribution >= 4 is 0 Å². The average molecular weight is 174 g/mol. The van der Waals surface area contributed by atoms with Crippen LogP contribution in [0.15, 0.2) is 43.0 Å². The van der Waals surface area contributed by atoms with E-state index in [4.69, 9.17) is 4.74 Å². The molecule has 0 aliphatic heterocycles. The SMILES string of the molecule is C=C[C@@H]1C[C@@H]1COc1ccccc1. The van der Waals surface area contributed by atoms with E-state index in [9.17, 15) is 0 Å². The van der Waals surface area contributed by atoms with Crippen molar-refractivity contribution in [1.82, 2.24) is 0 Å². The average Bonchev–Trinajstić information content (AvgIpc) is 2.95. The van der Waals surface area contributed by atoms with Crippen molar-refractivity contribution in [3.63, 3.8) is 0 Å². The fourth-order valence-electron chi connectivity index (χ4n) is 1.47. The molecule has 0 unspecified atom stereocenters. The van der Waals surface area contributed by atoms with Crippen LogP contribution < -0.4 is 4.74 Å². The van der Waals surface area contributed by atoms with Crippen molar-refractivity contribution in [3.8, 4) is 5.75 Å². The molecule has 0 amide bonds. The predicted octanol–water partition coefficient (Wildman–Crippen LogP) is 2.89.